The minimum atomic E-state index is -0.0333. The predicted molar refractivity (Wildman–Crippen MR) is 107 cm³/mol. The molecular weight excluding hydrogens is 306 g/mol. The van der Waals surface area contributed by atoms with Gasteiger partial charge >= 0.3 is 0 Å². The number of unbranched alkanes of at least 4 members (excludes halogenated alkanes) is 2. The highest BCUT2D eigenvalue weighted by atomic mass is 16.1. The Hall–Kier alpha value is -0.790. The molecule has 0 heterocycles. The molecule has 0 aromatic carbocycles. The van der Waals surface area contributed by atoms with Crippen LogP contribution in [0.15, 0.2) is 12.7 Å². The van der Waals surface area contributed by atoms with Crippen molar-refractivity contribution < 1.29 is 4.79 Å². The van der Waals surface area contributed by atoms with Crippen molar-refractivity contribution in [2.24, 2.45) is 23.7 Å². The van der Waals surface area contributed by atoms with E-state index in [0.29, 0.717) is 0 Å². The fraction of sp³-hybridized carbons (Fsp3) is 0.870. The molecule has 2 aliphatic carbocycles. The van der Waals surface area contributed by atoms with E-state index in [1.807, 2.05) is 0 Å². The fourth-order valence-corrected chi connectivity index (χ4v) is 5.25. The van der Waals surface area contributed by atoms with Crippen LogP contribution in [0, 0.1) is 23.7 Å². The van der Waals surface area contributed by atoms with Crippen molar-refractivity contribution in [2.75, 3.05) is 6.54 Å². The lowest BCUT2D eigenvalue weighted by atomic mass is 9.68. The van der Waals surface area contributed by atoms with Crippen LogP contribution in [-0.4, -0.2) is 12.5 Å². The van der Waals surface area contributed by atoms with E-state index >= 15 is 0 Å². The summed E-state index contributed by atoms with van der Waals surface area (Å²) in [5.74, 6) is 3.98. The zero-order valence-electron chi connectivity index (χ0n) is 16.6. The molecule has 2 nitrogen and oxygen atoms in total. The van der Waals surface area contributed by atoms with Crippen molar-refractivity contribution >= 4 is 5.91 Å². The molecular formula is C23H41NO. The first-order valence-corrected chi connectivity index (χ1v) is 11.1. The lowest BCUT2D eigenvalue weighted by Crippen LogP contribution is -2.26. The van der Waals surface area contributed by atoms with Gasteiger partial charge in [-0.1, -0.05) is 64.9 Å². The van der Waals surface area contributed by atoms with E-state index in [9.17, 15) is 4.79 Å². The maximum absolute atomic E-state index is 11.1. The van der Waals surface area contributed by atoms with E-state index < -0.39 is 0 Å². The molecule has 25 heavy (non-hydrogen) atoms. The van der Waals surface area contributed by atoms with Crippen LogP contribution in [-0.2, 0) is 4.79 Å². The van der Waals surface area contributed by atoms with Crippen LogP contribution in [0.5, 0.6) is 0 Å². The highest BCUT2D eigenvalue weighted by molar-refractivity contribution is 5.86. The van der Waals surface area contributed by atoms with Crippen molar-refractivity contribution in [1.82, 2.24) is 5.32 Å². The Morgan fingerprint density at radius 3 is 1.88 bits per heavy atom. The Bertz CT molecular complexity index is 376. The molecule has 2 rings (SSSR count). The van der Waals surface area contributed by atoms with Gasteiger partial charge in [0.25, 0.3) is 0 Å². The van der Waals surface area contributed by atoms with Crippen LogP contribution < -0.4 is 5.32 Å². The molecule has 0 aromatic rings. The maximum Gasteiger partial charge on any atom is 0.243 e. The van der Waals surface area contributed by atoms with Crippen molar-refractivity contribution in [3.63, 3.8) is 0 Å². The third kappa shape index (κ3) is 7.54. The van der Waals surface area contributed by atoms with Crippen molar-refractivity contribution in [2.45, 2.75) is 96.8 Å². The Morgan fingerprint density at radius 2 is 1.40 bits per heavy atom. The summed E-state index contributed by atoms with van der Waals surface area (Å²) in [5, 5.41) is 2.90. The zero-order chi connectivity index (χ0) is 17.9. The molecule has 0 saturated heterocycles. The normalized spacial score (nSPS) is 30.0. The lowest BCUT2D eigenvalue weighted by molar-refractivity contribution is -0.116. The van der Waals surface area contributed by atoms with E-state index in [0.717, 1.165) is 36.6 Å². The SMILES string of the molecule is C=CC(=O)NCCCC1CCC(C2CCC(CCCCC)CC2)CC1. The minimum absolute atomic E-state index is 0.0333. The van der Waals surface area contributed by atoms with Gasteiger partial charge in [-0.2, -0.15) is 0 Å². The van der Waals surface area contributed by atoms with Gasteiger partial charge in [0.1, 0.15) is 0 Å². The second kappa shape index (κ2) is 11.8. The molecule has 0 aliphatic heterocycles. The number of carbonyl (C=O) groups excluding carboxylic acids is 1. The number of carbonyl (C=O) groups is 1. The van der Waals surface area contributed by atoms with Gasteiger partial charge in [0, 0.05) is 6.54 Å². The molecule has 2 aliphatic rings. The summed E-state index contributed by atoms with van der Waals surface area (Å²) in [6.45, 7) is 6.62. The smallest absolute Gasteiger partial charge is 0.243 e. The first kappa shape index (κ1) is 20.5. The van der Waals surface area contributed by atoms with Gasteiger partial charge in [-0.3, -0.25) is 4.79 Å². The second-order valence-corrected chi connectivity index (χ2v) is 8.69. The van der Waals surface area contributed by atoms with Gasteiger partial charge in [0.15, 0.2) is 0 Å². The third-order valence-corrected chi connectivity index (χ3v) is 6.94. The molecule has 144 valence electrons. The minimum Gasteiger partial charge on any atom is -0.353 e. The molecule has 0 radical (unpaired) electrons. The lowest BCUT2D eigenvalue weighted by Gasteiger charge is -2.38. The Kier molecular flexibility index (Phi) is 9.65. The topological polar surface area (TPSA) is 29.1 Å². The number of nitrogens with one attached hydrogen (secondary N) is 1. The van der Waals surface area contributed by atoms with Crippen LogP contribution in [0.25, 0.3) is 0 Å². The number of hydrogen-bond donors (Lipinski definition) is 1. The maximum atomic E-state index is 11.1. The highest BCUT2D eigenvalue weighted by Crippen LogP contribution is 2.43. The van der Waals surface area contributed by atoms with E-state index in [-0.39, 0.29) is 5.91 Å². The predicted octanol–water partition coefficient (Wildman–Crippen LogP) is 6.26. The van der Waals surface area contributed by atoms with Gasteiger partial charge in [-0.05, 0) is 68.3 Å². The summed E-state index contributed by atoms with van der Waals surface area (Å²) in [6.07, 6.45) is 21.4. The molecule has 0 atom stereocenters. The molecule has 0 bridgehead atoms. The van der Waals surface area contributed by atoms with Gasteiger partial charge in [-0.25, -0.2) is 0 Å². The standard InChI is InChI=1S/C23H41NO/c1-3-5-6-8-19-10-14-21(15-11-19)22-16-12-20(13-17-22)9-7-18-24-23(25)4-2/h4,19-22H,2-3,5-18H2,1H3,(H,24,25). The third-order valence-electron chi connectivity index (χ3n) is 6.94. The molecule has 1 N–H and O–H groups in total. The molecule has 0 unspecified atom stereocenters. The molecule has 1 amide bonds. The molecule has 0 spiro atoms. The number of hydrogen-bond acceptors (Lipinski definition) is 1. The van der Waals surface area contributed by atoms with E-state index in [2.05, 4.69) is 18.8 Å². The van der Waals surface area contributed by atoms with E-state index in [1.54, 1.807) is 0 Å². The quantitative estimate of drug-likeness (QED) is 0.366. The van der Waals surface area contributed by atoms with Crippen molar-refractivity contribution in [3.05, 3.63) is 12.7 Å². The molecule has 2 saturated carbocycles. The summed E-state index contributed by atoms with van der Waals surface area (Å²) in [4.78, 5) is 11.1. The monoisotopic (exact) mass is 347 g/mol. The summed E-state index contributed by atoms with van der Waals surface area (Å²) < 4.78 is 0. The van der Waals surface area contributed by atoms with E-state index in [1.165, 1.54) is 89.5 Å². The van der Waals surface area contributed by atoms with Gasteiger partial charge < -0.3 is 5.32 Å². The zero-order valence-corrected chi connectivity index (χ0v) is 16.6. The average Bonchev–Trinajstić information content (AvgIpc) is 2.66. The highest BCUT2D eigenvalue weighted by Gasteiger charge is 2.30. The molecule has 2 heteroatoms. The second-order valence-electron chi connectivity index (χ2n) is 8.69. The summed E-state index contributed by atoms with van der Waals surface area (Å²) in [6, 6.07) is 0. The Morgan fingerprint density at radius 1 is 0.880 bits per heavy atom. The van der Waals surface area contributed by atoms with Crippen molar-refractivity contribution in [3.8, 4) is 0 Å². The van der Waals surface area contributed by atoms with Crippen LogP contribution in [0.4, 0.5) is 0 Å². The van der Waals surface area contributed by atoms with Gasteiger partial charge in [-0.15, -0.1) is 0 Å². The van der Waals surface area contributed by atoms with Crippen molar-refractivity contribution in [1.29, 1.82) is 0 Å². The van der Waals surface area contributed by atoms with Crippen LogP contribution in [0.2, 0.25) is 0 Å². The first-order valence-electron chi connectivity index (χ1n) is 11.1. The molecule has 0 aromatic heterocycles. The fourth-order valence-electron chi connectivity index (χ4n) is 5.25. The summed E-state index contributed by atoms with van der Waals surface area (Å²) in [7, 11) is 0. The first-order chi connectivity index (χ1) is 12.2. The van der Waals surface area contributed by atoms with Gasteiger partial charge in [0.05, 0.1) is 0 Å². The van der Waals surface area contributed by atoms with Crippen LogP contribution >= 0.6 is 0 Å². The number of rotatable bonds is 10. The Labute approximate surface area is 156 Å². The average molecular weight is 348 g/mol. The molecule has 2 fully saturated rings. The Balaban J connectivity index is 1.55. The van der Waals surface area contributed by atoms with Gasteiger partial charge in [0.2, 0.25) is 5.91 Å². The summed E-state index contributed by atoms with van der Waals surface area (Å²) >= 11 is 0. The van der Waals surface area contributed by atoms with Crippen LogP contribution in [0.3, 0.4) is 0 Å². The number of amides is 1. The summed E-state index contributed by atoms with van der Waals surface area (Å²) in [5.41, 5.74) is 0. The van der Waals surface area contributed by atoms with Crippen LogP contribution in [0.1, 0.15) is 96.8 Å². The van der Waals surface area contributed by atoms with E-state index in [4.69, 9.17) is 0 Å². The largest absolute Gasteiger partial charge is 0.353 e.